The van der Waals surface area contributed by atoms with Gasteiger partial charge in [0.15, 0.2) is 11.6 Å². The Kier molecular flexibility index (Phi) is 4.14. The van der Waals surface area contributed by atoms with Gasteiger partial charge in [0.25, 0.3) is 0 Å². The van der Waals surface area contributed by atoms with Gasteiger partial charge in [0.1, 0.15) is 5.75 Å². The lowest BCUT2D eigenvalue weighted by molar-refractivity contribution is 0.473. The SMILES string of the molecule is Oc1c(Br)cc(Br)cc1-c1n[nH]c(C(Cl)(Cl)Cl)n1. The Balaban J connectivity index is 2.53. The van der Waals surface area contributed by atoms with Crippen LogP contribution < -0.4 is 0 Å². The van der Waals surface area contributed by atoms with Gasteiger partial charge in [-0.1, -0.05) is 50.7 Å². The minimum Gasteiger partial charge on any atom is -0.506 e. The van der Waals surface area contributed by atoms with Crippen LogP contribution in [0.5, 0.6) is 5.75 Å². The highest BCUT2D eigenvalue weighted by Crippen LogP contribution is 2.39. The van der Waals surface area contributed by atoms with Gasteiger partial charge in [0.2, 0.25) is 3.79 Å². The number of aromatic hydroxyl groups is 1. The van der Waals surface area contributed by atoms with Crippen LogP contribution in [0.25, 0.3) is 11.4 Å². The first-order chi connectivity index (χ1) is 8.29. The van der Waals surface area contributed by atoms with Crippen molar-refractivity contribution in [3.63, 3.8) is 0 Å². The summed E-state index contributed by atoms with van der Waals surface area (Å²) in [7, 11) is 0. The molecule has 2 N–H and O–H groups in total. The number of benzene rings is 1. The predicted molar refractivity (Wildman–Crippen MR) is 78.1 cm³/mol. The Labute approximate surface area is 134 Å². The highest BCUT2D eigenvalue weighted by Gasteiger charge is 2.28. The number of nitrogens with zero attached hydrogens (tertiary/aromatic N) is 2. The van der Waals surface area contributed by atoms with E-state index in [1.807, 2.05) is 0 Å². The monoisotopic (exact) mass is 433 g/mol. The predicted octanol–water partition coefficient (Wildman–Crippen LogP) is 4.53. The van der Waals surface area contributed by atoms with E-state index in [4.69, 9.17) is 34.8 Å². The van der Waals surface area contributed by atoms with Gasteiger partial charge in [-0.3, -0.25) is 5.10 Å². The van der Waals surface area contributed by atoms with Crippen LogP contribution in [0.2, 0.25) is 0 Å². The van der Waals surface area contributed by atoms with E-state index in [9.17, 15) is 5.11 Å². The average Bonchev–Trinajstić information content (AvgIpc) is 2.71. The van der Waals surface area contributed by atoms with E-state index in [0.29, 0.717) is 10.0 Å². The fourth-order valence-corrected chi connectivity index (χ4v) is 2.72. The van der Waals surface area contributed by atoms with Gasteiger partial charge >= 0.3 is 0 Å². The number of hydrogen-bond acceptors (Lipinski definition) is 3. The van der Waals surface area contributed by atoms with Crippen molar-refractivity contribution in [2.24, 2.45) is 0 Å². The molecule has 2 rings (SSSR count). The molecule has 0 spiro atoms. The van der Waals surface area contributed by atoms with Crippen molar-refractivity contribution in [3.05, 3.63) is 26.9 Å². The molecule has 0 aliphatic heterocycles. The first-order valence-electron chi connectivity index (χ1n) is 4.47. The summed E-state index contributed by atoms with van der Waals surface area (Å²) in [6, 6.07) is 3.35. The third kappa shape index (κ3) is 2.93. The summed E-state index contributed by atoms with van der Waals surface area (Å²) < 4.78 is -0.432. The summed E-state index contributed by atoms with van der Waals surface area (Å²) in [5, 5.41) is 16.3. The van der Waals surface area contributed by atoms with E-state index >= 15 is 0 Å². The maximum absolute atomic E-state index is 9.93. The molecule has 0 bridgehead atoms. The molecule has 0 amide bonds. The van der Waals surface area contributed by atoms with Crippen molar-refractivity contribution < 1.29 is 5.11 Å². The van der Waals surface area contributed by atoms with Crippen LogP contribution in [-0.2, 0) is 3.79 Å². The molecule has 1 heterocycles. The van der Waals surface area contributed by atoms with Crippen molar-refractivity contribution >= 4 is 66.7 Å². The highest BCUT2D eigenvalue weighted by atomic mass is 79.9. The maximum Gasteiger partial charge on any atom is 0.249 e. The molecule has 1 aromatic carbocycles. The maximum atomic E-state index is 9.93. The van der Waals surface area contributed by atoms with Crippen LogP contribution in [0.3, 0.4) is 0 Å². The zero-order chi connectivity index (χ0) is 13.5. The minimum absolute atomic E-state index is 0.00747. The number of alkyl halides is 3. The van der Waals surface area contributed by atoms with Crippen LogP contribution in [0.1, 0.15) is 5.82 Å². The molecule has 0 aliphatic carbocycles. The van der Waals surface area contributed by atoms with E-state index in [0.717, 1.165) is 4.47 Å². The number of aromatic amines is 1. The fraction of sp³-hybridized carbons (Fsp3) is 0.111. The quantitative estimate of drug-likeness (QED) is 0.646. The lowest BCUT2D eigenvalue weighted by Crippen LogP contribution is -2.02. The van der Waals surface area contributed by atoms with Crippen LogP contribution in [-0.4, -0.2) is 20.3 Å². The van der Waals surface area contributed by atoms with Crippen molar-refractivity contribution in [1.29, 1.82) is 0 Å². The fourth-order valence-electron chi connectivity index (χ4n) is 1.25. The van der Waals surface area contributed by atoms with E-state index in [-0.39, 0.29) is 17.4 Å². The number of phenolic OH excluding ortho intramolecular Hbond substituents is 1. The summed E-state index contributed by atoms with van der Waals surface area (Å²) >= 11 is 23.6. The van der Waals surface area contributed by atoms with Crippen molar-refractivity contribution in [1.82, 2.24) is 15.2 Å². The molecule has 0 atom stereocenters. The minimum atomic E-state index is -1.69. The van der Waals surface area contributed by atoms with Gasteiger partial charge in [0, 0.05) is 4.47 Å². The Morgan fingerprint density at radius 1 is 1.22 bits per heavy atom. The third-order valence-corrected chi connectivity index (χ3v) is 3.62. The first kappa shape index (κ1) is 14.4. The molecule has 2 aromatic rings. The number of halogens is 5. The molecule has 18 heavy (non-hydrogen) atoms. The Bertz CT molecular complexity index is 597. The summed E-state index contributed by atoms with van der Waals surface area (Å²) in [5.74, 6) is 0.321. The number of H-pyrrole nitrogens is 1. The standard InChI is InChI=1S/C9H4Br2Cl3N3O/c10-3-1-4(6(18)5(11)2-3)7-15-8(17-16-7)9(12,13)14/h1-2,18H,(H,15,16,17). The van der Waals surface area contributed by atoms with Gasteiger partial charge in [0.05, 0.1) is 10.0 Å². The Hall–Kier alpha value is -0.0100. The second-order valence-corrected chi connectivity index (χ2v) is 7.34. The van der Waals surface area contributed by atoms with Crippen LogP contribution >= 0.6 is 66.7 Å². The molecule has 96 valence electrons. The normalized spacial score (nSPS) is 11.8. The molecule has 0 saturated heterocycles. The summed E-state index contributed by atoms with van der Waals surface area (Å²) in [6.07, 6.45) is 0. The largest absolute Gasteiger partial charge is 0.506 e. The second kappa shape index (κ2) is 5.17. The van der Waals surface area contributed by atoms with Gasteiger partial charge in [-0.2, -0.15) is 5.10 Å². The van der Waals surface area contributed by atoms with E-state index in [1.165, 1.54) is 0 Å². The van der Waals surface area contributed by atoms with E-state index in [1.54, 1.807) is 12.1 Å². The molecular formula is C9H4Br2Cl3N3O. The average molecular weight is 436 g/mol. The molecular weight excluding hydrogens is 432 g/mol. The van der Waals surface area contributed by atoms with Gasteiger partial charge < -0.3 is 5.11 Å². The highest BCUT2D eigenvalue weighted by molar-refractivity contribution is 9.11. The lowest BCUT2D eigenvalue weighted by Gasteiger charge is -2.05. The number of rotatable bonds is 1. The van der Waals surface area contributed by atoms with Crippen LogP contribution in [0.4, 0.5) is 0 Å². The first-order valence-corrected chi connectivity index (χ1v) is 7.19. The summed E-state index contributed by atoms with van der Waals surface area (Å²) in [4.78, 5) is 4.03. The topological polar surface area (TPSA) is 61.8 Å². The van der Waals surface area contributed by atoms with Gasteiger partial charge in [-0.05, 0) is 28.1 Å². The zero-order valence-electron chi connectivity index (χ0n) is 8.39. The van der Waals surface area contributed by atoms with Crippen molar-refractivity contribution in [2.45, 2.75) is 3.79 Å². The third-order valence-electron chi connectivity index (χ3n) is 2.02. The van der Waals surface area contributed by atoms with E-state index < -0.39 is 3.79 Å². The zero-order valence-corrected chi connectivity index (χ0v) is 13.8. The van der Waals surface area contributed by atoms with Crippen LogP contribution in [0.15, 0.2) is 21.1 Å². The molecule has 9 heteroatoms. The number of aromatic nitrogens is 3. The Morgan fingerprint density at radius 3 is 2.44 bits per heavy atom. The second-order valence-electron chi connectivity index (χ2n) is 3.29. The summed E-state index contributed by atoms with van der Waals surface area (Å²) in [5.41, 5.74) is 0.410. The summed E-state index contributed by atoms with van der Waals surface area (Å²) in [6.45, 7) is 0. The molecule has 1 aromatic heterocycles. The molecule has 0 radical (unpaired) electrons. The van der Waals surface area contributed by atoms with Crippen LogP contribution in [0, 0.1) is 0 Å². The Morgan fingerprint density at radius 2 is 1.89 bits per heavy atom. The number of phenols is 1. The smallest absolute Gasteiger partial charge is 0.249 e. The van der Waals surface area contributed by atoms with Gasteiger partial charge in [-0.25, -0.2) is 4.98 Å². The molecule has 4 nitrogen and oxygen atoms in total. The molecule has 0 aliphatic rings. The molecule has 0 saturated carbocycles. The molecule has 0 fully saturated rings. The van der Waals surface area contributed by atoms with Gasteiger partial charge in [-0.15, -0.1) is 0 Å². The van der Waals surface area contributed by atoms with E-state index in [2.05, 4.69) is 47.0 Å². The number of nitrogens with one attached hydrogen (secondary N) is 1. The van der Waals surface area contributed by atoms with Crippen molar-refractivity contribution in [3.8, 4) is 17.1 Å². The lowest BCUT2D eigenvalue weighted by atomic mass is 10.2. The number of hydrogen-bond donors (Lipinski definition) is 2. The van der Waals surface area contributed by atoms with Crippen molar-refractivity contribution in [2.75, 3.05) is 0 Å². The molecule has 0 unspecified atom stereocenters.